The molecule has 1 saturated heterocycles. The number of nitrogens with zero attached hydrogens (tertiary/aromatic N) is 4. The summed E-state index contributed by atoms with van der Waals surface area (Å²) in [5.41, 5.74) is 5.10. The van der Waals surface area contributed by atoms with Crippen molar-refractivity contribution in [1.82, 2.24) is 30.0 Å². The van der Waals surface area contributed by atoms with E-state index in [1.807, 2.05) is 83.8 Å². The van der Waals surface area contributed by atoms with Crippen LogP contribution in [0.5, 0.6) is 5.75 Å². The van der Waals surface area contributed by atoms with Crippen LogP contribution in [0.25, 0.3) is 10.9 Å². The largest absolute Gasteiger partial charge is 0.487 e. The van der Waals surface area contributed by atoms with Crippen molar-refractivity contribution in [3.05, 3.63) is 160 Å². The van der Waals surface area contributed by atoms with Gasteiger partial charge in [0, 0.05) is 31.1 Å². The predicted molar refractivity (Wildman–Crippen MR) is 268 cm³/mol. The fourth-order valence-corrected chi connectivity index (χ4v) is 11.0. The summed E-state index contributed by atoms with van der Waals surface area (Å²) in [6.45, 7) is 17.4. The van der Waals surface area contributed by atoms with Crippen LogP contribution in [0.4, 0.5) is 0 Å². The lowest BCUT2D eigenvalue weighted by molar-refractivity contribution is -0.00865. The molecule has 3 heterocycles. The normalized spacial score (nSPS) is 17.2. The van der Waals surface area contributed by atoms with Crippen LogP contribution in [-0.4, -0.2) is 70.8 Å². The molecule has 1 aliphatic heterocycles. The minimum Gasteiger partial charge on any atom is -0.487 e. The van der Waals surface area contributed by atoms with Crippen molar-refractivity contribution in [2.24, 2.45) is 11.8 Å². The summed E-state index contributed by atoms with van der Waals surface area (Å²) in [6.07, 6.45) is 11.4. The van der Waals surface area contributed by atoms with Gasteiger partial charge in [0.15, 0.2) is 19.7 Å². The lowest BCUT2D eigenvalue weighted by atomic mass is 9.73. The van der Waals surface area contributed by atoms with E-state index >= 15 is 0 Å². The molecule has 350 valence electrons. The number of H-pyrrole nitrogens is 1. The highest BCUT2D eigenvalue weighted by atomic mass is 28.4. The van der Waals surface area contributed by atoms with E-state index in [0.29, 0.717) is 36.2 Å². The zero-order valence-corrected chi connectivity index (χ0v) is 41.0. The minimum absolute atomic E-state index is 0.0305. The van der Waals surface area contributed by atoms with Gasteiger partial charge in [0.25, 0.3) is 0 Å². The standard InChI is InChI=1S/C55H72N6O4Si/c1-54(2,3)66(4,5)65-50(47-25-27-49(52-48(47)26-28-51(62)58-52)64-39-44-15-9-6-10-16-44)37-56-33-29-41-21-23-42(24-22-41)30-34-60-35-31-43(32-36-60)38-61-40-57-53(59-61)55(63,45-17-11-7-12-18-45)46-19-13-8-14-20-46/h6-7,9-12,15-18,21-28,40,43,46,50,56,63H,8,13-14,19-20,29-39H2,1-5H3,(H,58,62)/t50-,55-/m0/s1. The monoisotopic (exact) mass is 909 g/mol. The van der Waals surface area contributed by atoms with Gasteiger partial charge in [-0.25, -0.2) is 4.98 Å². The summed E-state index contributed by atoms with van der Waals surface area (Å²) in [5, 5.41) is 21.9. The van der Waals surface area contributed by atoms with Crippen molar-refractivity contribution in [3.63, 3.8) is 0 Å². The number of fused-ring (bicyclic) bond motifs is 1. The molecule has 0 amide bonds. The Kier molecular flexibility index (Phi) is 15.4. The maximum Gasteiger partial charge on any atom is 0.248 e. The molecule has 2 fully saturated rings. The van der Waals surface area contributed by atoms with Crippen molar-refractivity contribution < 1.29 is 14.3 Å². The van der Waals surface area contributed by atoms with Gasteiger partial charge in [0.2, 0.25) is 5.56 Å². The molecule has 2 atom stereocenters. The van der Waals surface area contributed by atoms with Crippen LogP contribution in [0.2, 0.25) is 18.1 Å². The number of piperidine rings is 1. The van der Waals surface area contributed by atoms with Gasteiger partial charge in [-0.3, -0.25) is 9.48 Å². The number of aliphatic hydroxyl groups is 1. The van der Waals surface area contributed by atoms with Gasteiger partial charge in [-0.15, -0.1) is 0 Å². The molecule has 0 radical (unpaired) electrons. The van der Waals surface area contributed by atoms with Gasteiger partial charge >= 0.3 is 0 Å². The number of aromatic nitrogens is 4. The Morgan fingerprint density at radius 2 is 1.50 bits per heavy atom. The average molecular weight is 909 g/mol. The van der Waals surface area contributed by atoms with E-state index in [1.54, 1.807) is 6.07 Å². The van der Waals surface area contributed by atoms with Gasteiger partial charge in [-0.05, 0) is 128 Å². The number of aromatic amines is 1. The third-order valence-corrected chi connectivity index (χ3v) is 19.3. The van der Waals surface area contributed by atoms with Crippen LogP contribution in [0.15, 0.2) is 120 Å². The van der Waals surface area contributed by atoms with Crippen LogP contribution in [0, 0.1) is 11.8 Å². The molecule has 3 N–H and O–H groups in total. The zero-order chi connectivity index (χ0) is 46.2. The minimum atomic E-state index is -2.17. The Morgan fingerprint density at radius 3 is 2.20 bits per heavy atom. The van der Waals surface area contributed by atoms with Crippen molar-refractivity contribution in [3.8, 4) is 5.75 Å². The van der Waals surface area contributed by atoms with Crippen LogP contribution >= 0.6 is 0 Å². The molecule has 1 aliphatic carbocycles. The van der Waals surface area contributed by atoms with E-state index in [1.165, 1.54) is 17.5 Å². The molecule has 11 heteroatoms. The fourth-order valence-electron chi connectivity index (χ4n) is 9.73. The van der Waals surface area contributed by atoms with Gasteiger partial charge in [0.05, 0.1) is 11.6 Å². The number of ether oxygens (including phenoxy) is 1. The van der Waals surface area contributed by atoms with Crippen LogP contribution in [0.1, 0.15) is 105 Å². The van der Waals surface area contributed by atoms with Crippen molar-refractivity contribution in [1.29, 1.82) is 0 Å². The summed E-state index contributed by atoms with van der Waals surface area (Å²) in [5.74, 6) is 1.89. The maximum absolute atomic E-state index is 12.6. The summed E-state index contributed by atoms with van der Waals surface area (Å²) in [6, 6.07) is 36.9. The Bertz CT molecular complexity index is 2510. The molecule has 4 aromatic carbocycles. The molecule has 2 aliphatic rings. The summed E-state index contributed by atoms with van der Waals surface area (Å²) < 4.78 is 15.4. The molecule has 0 bridgehead atoms. The van der Waals surface area contributed by atoms with Crippen LogP contribution < -0.4 is 15.6 Å². The highest BCUT2D eigenvalue weighted by molar-refractivity contribution is 6.74. The van der Waals surface area contributed by atoms with E-state index < -0.39 is 13.9 Å². The molecule has 0 spiro atoms. The SMILES string of the molecule is CC(C)(C)[Si](C)(C)O[C@@H](CNCCc1ccc(CCN2CCC(Cn3cnc([C@](O)(c4ccccc4)C4CCCCC4)n3)CC2)cc1)c1ccc(OCc2ccccc2)c2[nH]c(=O)ccc12. The number of pyridine rings is 1. The molecule has 66 heavy (non-hydrogen) atoms. The molecule has 10 nitrogen and oxygen atoms in total. The quantitative estimate of drug-likeness (QED) is 0.0543. The Hall–Kier alpha value is -4.91. The van der Waals surface area contributed by atoms with Crippen molar-refractivity contribution >= 4 is 19.2 Å². The first-order valence-corrected chi connectivity index (χ1v) is 27.5. The number of hydrogen-bond donors (Lipinski definition) is 3. The molecule has 2 aromatic heterocycles. The first kappa shape index (κ1) is 47.6. The topological polar surface area (TPSA) is 118 Å². The number of rotatable bonds is 19. The first-order valence-electron chi connectivity index (χ1n) is 24.5. The van der Waals surface area contributed by atoms with Crippen molar-refractivity contribution in [2.45, 2.75) is 122 Å². The maximum atomic E-state index is 12.6. The third-order valence-electron chi connectivity index (χ3n) is 14.8. The van der Waals surface area contributed by atoms with Crippen molar-refractivity contribution in [2.75, 3.05) is 32.7 Å². The average Bonchev–Trinajstić information content (AvgIpc) is 3.81. The molecular weight excluding hydrogens is 837 g/mol. The van der Waals surface area contributed by atoms with E-state index in [-0.39, 0.29) is 22.6 Å². The molecule has 8 rings (SSSR count). The van der Waals surface area contributed by atoms with Crippen LogP contribution in [0.3, 0.4) is 0 Å². The lowest BCUT2D eigenvalue weighted by Crippen LogP contribution is -2.43. The molecule has 6 aromatic rings. The number of nitrogens with one attached hydrogen (secondary N) is 2. The summed E-state index contributed by atoms with van der Waals surface area (Å²) in [4.78, 5) is 23.0. The second-order valence-electron chi connectivity index (χ2n) is 20.5. The Morgan fingerprint density at radius 1 is 0.818 bits per heavy atom. The molecule has 0 unspecified atom stereocenters. The van der Waals surface area contributed by atoms with Gasteiger partial charge < -0.3 is 29.5 Å². The number of likely N-dealkylation sites (tertiary alicyclic amines) is 1. The Balaban J connectivity index is 0.820. The predicted octanol–water partition coefficient (Wildman–Crippen LogP) is 10.4. The van der Waals surface area contributed by atoms with E-state index in [4.69, 9.17) is 19.2 Å². The number of benzene rings is 4. The van der Waals surface area contributed by atoms with Crippen LogP contribution in [-0.2, 0) is 36.0 Å². The van der Waals surface area contributed by atoms with E-state index in [9.17, 15) is 9.90 Å². The van der Waals surface area contributed by atoms with Gasteiger partial charge in [-0.1, -0.05) is 131 Å². The first-order chi connectivity index (χ1) is 31.9. The fraction of sp³-hybridized carbons (Fsp3) is 0.473. The Labute approximate surface area is 393 Å². The highest BCUT2D eigenvalue weighted by Gasteiger charge is 2.44. The third kappa shape index (κ3) is 11.6. The molecule has 1 saturated carbocycles. The smallest absolute Gasteiger partial charge is 0.248 e. The summed E-state index contributed by atoms with van der Waals surface area (Å²) in [7, 11) is -2.17. The summed E-state index contributed by atoms with van der Waals surface area (Å²) >= 11 is 0. The molecular formula is C55H72N6O4Si. The highest BCUT2D eigenvalue weighted by Crippen LogP contribution is 2.43. The second-order valence-corrected chi connectivity index (χ2v) is 25.2. The second kappa shape index (κ2) is 21.4. The van der Waals surface area contributed by atoms with Gasteiger partial charge in [-0.2, -0.15) is 5.10 Å². The zero-order valence-electron chi connectivity index (χ0n) is 40.0. The lowest BCUT2D eigenvalue weighted by Gasteiger charge is -2.39. The van der Waals surface area contributed by atoms with Gasteiger partial charge in [0.1, 0.15) is 18.7 Å². The number of hydrogen-bond acceptors (Lipinski definition) is 8. The van der Waals surface area contributed by atoms with E-state index in [0.717, 1.165) is 106 Å². The van der Waals surface area contributed by atoms with E-state index in [2.05, 4.69) is 79.4 Å².